The highest BCUT2D eigenvalue weighted by molar-refractivity contribution is 7.92. The van der Waals surface area contributed by atoms with E-state index >= 15 is 0 Å². The van der Waals surface area contributed by atoms with E-state index in [-0.39, 0.29) is 34.8 Å². The van der Waals surface area contributed by atoms with Gasteiger partial charge < -0.3 is 15.0 Å². The minimum Gasteiger partial charge on any atom is -0.495 e. The molecule has 0 spiro atoms. The molecule has 214 valence electrons. The molecule has 0 aliphatic rings. The zero-order valence-electron chi connectivity index (χ0n) is 22.8. The van der Waals surface area contributed by atoms with Crippen molar-refractivity contribution in [3.63, 3.8) is 0 Å². The Labute approximate surface area is 245 Å². The highest BCUT2D eigenvalue weighted by Crippen LogP contribution is 2.32. The van der Waals surface area contributed by atoms with Gasteiger partial charge in [-0.15, -0.1) is 0 Å². The molecular formula is C29H33Cl2N3O5S. The highest BCUT2D eigenvalue weighted by atomic mass is 35.5. The number of amides is 2. The molecule has 0 radical (unpaired) electrons. The number of ether oxygens (including phenoxy) is 1. The molecule has 0 saturated carbocycles. The van der Waals surface area contributed by atoms with Gasteiger partial charge in [-0.2, -0.15) is 0 Å². The molecule has 3 rings (SSSR count). The van der Waals surface area contributed by atoms with Crippen LogP contribution >= 0.6 is 23.2 Å². The number of methoxy groups -OCH3 is 1. The number of rotatable bonds is 12. The Morgan fingerprint density at radius 3 is 2.23 bits per heavy atom. The van der Waals surface area contributed by atoms with Crippen LogP contribution < -0.4 is 14.4 Å². The Bertz CT molecular complexity index is 1440. The monoisotopic (exact) mass is 605 g/mol. The normalized spacial score (nSPS) is 12.8. The fraction of sp³-hybridized carbons (Fsp3) is 0.310. The first-order valence-corrected chi connectivity index (χ1v) is 14.9. The van der Waals surface area contributed by atoms with Crippen molar-refractivity contribution in [3.05, 3.63) is 88.4 Å². The van der Waals surface area contributed by atoms with E-state index in [9.17, 15) is 18.0 Å². The van der Waals surface area contributed by atoms with Crippen LogP contribution in [0.1, 0.15) is 32.8 Å². The van der Waals surface area contributed by atoms with E-state index in [0.29, 0.717) is 22.0 Å². The summed E-state index contributed by atoms with van der Waals surface area (Å²) < 4.78 is 34.2. The summed E-state index contributed by atoms with van der Waals surface area (Å²) in [6.07, 6.45) is 0.704. The fourth-order valence-corrected chi connectivity index (χ4v) is 5.72. The third-order valence-corrected chi connectivity index (χ3v) is 8.98. The molecule has 3 aromatic rings. The van der Waals surface area contributed by atoms with Gasteiger partial charge in [-0.25, -0.2) is 8.42 Å². The van der Waals surface area contributed by atoms with Gasteiger partial charge in [0.15, 0.2) is 0 Å². The summed E-state index contributed by atoms with van der Waals surface area (Å²) in [5.41, 5.74) is 0.814. The van der Waals surface area contributed by atoms with Crippen molar-refractivity contribution in [2.75, 3.05) is 18.0 Å². The van der Waals surface area contributed by atoms with Gasteiger partial charge in [0.1, 0.15) is 18.3 Å². The Morgan fingerprint density at radius 2 is 1.60 bits per heavy atom. The van der Waals surface area contributed by atoms with Gasteiger partial charge in [-0.3, -0.25) is 13.9 Å². The molecule has 0 aliphatic carbocycles. The summed E-state index contributed by atoms with van der Waals surface area (Å²) in [6.45, 7) is 4.82. The zero-order chi connectivity index (χ0) is 29.4. The maximum atomic E-state index is 14.0. The van der Waals surface area contributed by atoms with Gasteiger partial charge in [-0.1, -0.05) is 66.5 Å². The lowest BCUT2D eigenvalue weighted by Gasteiger charge is -2.32. The predicted octanol–water partition coefficient (Wildman–Crippen LogP) is 5.53. The molecule has 1 N–H and O–H groups in total. The Morgan fingerprint density at radius 1 is 0.950 bits per heavy atom. The van der Waals surface area contributed by atoms with Crippen LogP contribution in [0.2, 0.25) is 10.0 Å². The van der Waals surface area contributed by atoms with Crippen molar-refractivity contribution in [2.24, 2.45) is 0 Å². The van der Waals surface area contributed by atoms with E-state index in [4.69, 9.17) is 27.9 Å². The van der Waals surface area contributed by atoms with Crippen molar-refractivity contribution < 1.29 is 22.7 Å². The number of anilines is 1. The number of carbonyl (C=O) groups is 2. The molecule has 0 fully saturated rings. The van der Waals surface area contributed by atoms with Crippen molar-refractivity contribution in [1.29, 1.82) is 0 Å². The number of sulfonamides is 1. The fourth-order valence-electron chi connectivity index (χ4n) is 3.95. The Hall–Kier alpha value is -3.27. The summed E-state index contributed by atoms with van der Waals surface area (Å²) in [4.78, 5) is 28.5. The van der Waals surface area contributed by atoms with Crippen LogP contribution in [0.4, 0.5) is 5.69 Å². The van der Waals surface area contributed by atoms with Gasteiger partial charge in [0.2, 0.25) is 11.8 Å². The molecule has 2 atom stereocenters. The molecule has 3 aromatic carbocycles. The molecule has 0 heterocycles. The zero-order valence-corrected chi connectivity index (χ0v) is 25.1. The third-order valence-electron chi connectivity index (χ3n) is 6.47. The minimum atomic E-state index is -4.20. The first-order valence-electron chi connectivity index (χ1n) is 12.7. The number of nitrogens with one attached hydrogen (secondary N) is 1. The van der Waals surface area contributed by atoms with E-state index in [0.717, 1.165) is 4.31 Å². The van der Waals surface area contributed by atoms with Gasteiger partial charge in [0.05, 0.1) is 27.7 Å². The van der Waals surface area contributed by atoms with Crippen molar-refractivity contribution in [3.8, 4) is 5.75 Å². The summed E-state index contributed by atoms with van der Waals surface area (Å²) in [5.74, 6) is -0.686. The lowest BCUT2D eigenvalue weighted by molar-refractivity contribution is -0.139. The molecule has 40 heavy (non-hydrogen) atoms. The summed E-state index contributed by atoms with van der Waals surface area (Å²) in [7, 11) is -2.78. The third kappa shape index (κ3) is 7.47. The predicted molar refractivity (Wildman–Crippen MR) is 158 cm³/mol. The maximum Gasteiger partial charge on any atom is 0.264 e. The van der Waals surface area contributed by atoms with E-state index in [1.165, 1.54) is 24.1 Å². The van der Waals surface area contributed by atoms with Gasteiger partial charge in [0, 0.05) is 12.6 Å². The number of hydrogen-bond donors (Lipinski definition) is 1. The standard InChI is InChI=1S/C29H33Cl2N3O5S/c1-5-20(2)32-29(36)21(3)33(18-22-15-16-24(30)25(31)17-22)28(35)19-34(26-13-9-10-14-27(26)39-4)40(37,38)23-11-7-6-8-12-23/h6-17,20-21H,5,18-19H2,1-4H3,(H,32,36)/t20-,21+/m0/s1. The van der Waals surface area contributed by atoms with Crippen LogP contribution in [0.3, 0.4) is 0 Å². The van der Waals surface area contributed by atoms with E-state index in [1.54, 1.807) is 67.6 Å². The summed E-state index contributed by atoms with van der Waals surface area (Å²) >= 11 is 12.3. The first-order chi connectivity index (χ1) is 19.0. The molecule has 0 bridgehead atoms. The maximum absolute atomic E-state index is 14.0. The molecule has 11 heteroatoms. The number of halogens is 2. The van der Waals surface area contributed by atoms with E-state index in [1.807, 2.05) is 13.8 Å². The number of para-hydroxylation sites is 2. The number of carbonyl (C=O) groups excluding carboxylic acids is 2. The van der Waals surface area contributed by atoms with Crippen LogP contribution in [-0.2, 0) is 26.2 Å². The molecule has 0 saturated heterocycles. The van der Waals surface area contributed by atoms with Crippen LogP contribution in [-0.4, -0.2) is 50.9 Å². The Balaban J connectivity index is 2.06. The largest absolute Gasteiger partial charge is 0.495 e. The molecule has 8 nitrogen and oxygen atoms in total. The van der Waals surface area contributed by atoms with Crippen LogP contribution in [0.25, 0.3) is 0 Å². The second-order valence-corrected chi connectivity index (χ2v) is 11.9. The highest BCUT2D eigenvalue weighted by Gasteiger charge is 2.34. The molecule has 2 amide bonds. The van der Waals surface area contributed by atoms with Gasteiger partial charge >= 0.3 is 0 Å². The van der Waals surface area contributed by atoms with Crippen molar-refractivity contribution in [2.45, 2.75) is 50.7 Å². The first kappa shape index (κ1) is 31.3. The molecular weight excluding hydrogens is 573 g/mol. The SMILES string of the molecule is CC[C@H](C)NC(=O)[C@@H](C)N(Cc1ccc(Cl)c(Cl)c1)C(=O)CN(c1ccccc1OC)S(=O)(=O)c1ccccc1. The Kier molecular flexibility index (Phi) is 10.8. The molecule has 0 aromatic heterocycles. The quantitative estimate of drug-likeness (QED) is 0.293. The van der Waals surface area contributed by atoms with Crippen molar-refractivity contribution >= 4 is 50.7 Å². The van der Waals surface area contributed by atoms with Crippen LogP contribution in [0, 0.1) is 0 Å². The van der Waals surface area contributed by atoms with Crippen molar-refractivity contribution in [1.82, 2.24) is 10.2 Å². The molecule has 0 unspecified atom stereocenters. The van der Waals surface area contributed by atoms with Gasteiger partial charge in [-0.05, 0) is 62.2 Å². The number of benzene rings is 3. The lowest BCUT2D eigenvalue weighted by Crippen LogP contribution is -2.52. The minimum absolute atomic E-state index is 0.00400. The van der Waals surface area contributed by atoms with E-state index in [2.05, 4.69) is 5.32 Å². The van der Waals surface area contributed by atoms with Crippen LogP contribution in [0.5, 0.6) is 5.75 Å². The summed E-state index contributed by atoms with van der Waals surface area (Å²) in [6, 6.07) is 18.2. The summed E-state index contributed by atoms with van der Waals surface area (Å²) in [5, 5.41) is 3.54. The smallest absolute Gasteiger partial charge is 0.264 e. The van der Waals surface area contributed by atoms with E-state index < -0.39 is 28.5 Å². The van der Waals surface area contributed by atoms with Crippen LogP contribution in [0.15, 0.2) is 77.7 Å². The second-order valence-electron chi connectivity index (χ2n) is 9.26. The average molecular weight is 607 g/mol. The molecule has 0 aliphatic heterocycles. The lowest BCUT2D eigenvalue weighted by atomic mass is 10.1. The topological polar surface area (TPSA) is 96.0 Å². The second kappa shape index (κ2) is 13.9. The number of nitrogens with zero attached hydrogens (tertiary/aromatic N) is 2. The average Bonchev–Trinajstić information content (AvgIpc) is 2.96. The number of hydrogen-bond acceptors (Lipinski definition) is 5. The van der Waals surface area contributed by atoms with Gasteiger partial charge in [0.25, 0.3) is 10.0 Å².